The number of carbonyl (C=O) groups excluding carboxylic acids is 1. The number of urea groups is 1. The Labute approximate surface area is 145 Å². The average molecular weight is 344 g/mol. The van der Waals surface area contributed by atoms with Gasteiger partial charge in [0.25, 0.3) is 0 Å². The van der Waals surface area contributed by atoms with Crippen molar-refractivity contribution in [2.45, 2.75) is 17.4 Å². The summed E-state index contributed by atoms with van der Waals surface area (Å²) in [5, 5.41) is 5.83. The predicted octanol–water partition coefficient (Wildman–Crippen LogP) is 3.54. The molecule has 0 bridgehead atoms. The van der Waals surface area contributed by atoms with Crippen molar-refractivity contribution in [2.75, 3.05) is 25.3 Å². The van der Waals surface area contributed by atoms with Crippen LogP contribution >= 0.6 is 11.8 Å². The predicted molar refractivity (Wildman–Crippen MR) is 96.4 cm³/mol. The molecule has 0 fully saturated rings. The second kappa shape index (κ2) is 7.49. The van der Waals surface area contributed by atoms with Crippen LogP contribution in [0.15, 0.2) is 47.4 Å². The number of fused-ring (bicyclic) bond motifs is 1. The molecule has 1 atom stereocenters. The Morgan fingerprint density at radius 1 is 1.29 bits per heavy atom. The third-order valence-electron chi connectivity index (χ3n) is 3.84. The van der Waals surface area contributed by atoms with Gasteiger partial charge in [-0.1, -0.05) is 6.07 Å². The molecule has 2 aromatic carbocycles. The molecule has 0 saturated carbocycles. The highest BCUT2D eigenvalue weighted by Gasteiger charge is 2.22. The van der Waals surface area contributed by atoms with E-state index in [9.17, 15) is 4.79 Å². The Hall–Kier alpha value is -2.34. The third-order valence-corrected chi connectivity index (χ3v) is 4.56. The van der Waals surface area contributed by atoms with E-state index in [1.807, 2.05) is 48.7 Å². The molecule has 3 rings (SSSR count). The van der Waals surface area contributed by atoms with Crippen LogP contribution < -0.4 is 20.1 Å². The minimum absolute atomic E-state index is 0.0756. The van der Waals surface area contributed by atoms with E-state index >= 15 is 0 Å². The van der Waals surface area contributed by atoms with Gasteiger partial charge in [0.1, 0.15) is 18.1 Å². The molecule has 2 N–H and O–H groups in total. The average Bonchev–Trinajstić information content (AvgIpc) is 2.61. The Balaban J connectivity index is 1.60. The van der Waals surface area contributed by atoms with Gasteiger partial charge >= 0.3 is 6.03 Å². The van der Waals surface area contributed by atoms with Gasteiger partial charge in [-0.25, -0.2) is 4.79 Å². The van der Waals surface area contributed by atoms with Gasteiger partial charge in [0.05, 0.1) is 13.2 Å². The number of hydrogen-bond donors (Lipinski definition) is 2. The summed E-state index contributed by atoms with van der Waals surface area (Å²) in [4.78, 5) is 13.3. The van der Waals surface area contributed by atoms with E-state index in [4.69, 9.17) is 9.47 Å². The Morgan fingerprint density at radius 2 is 2.17 bits per heavy atom. The standard InChI is InChI=1S/C18H20N2O3S/c1-22-15-6-7-17-12(9-15)8-14(11-23-17)20-18(21)19-13-4-3-5-16(10-13)24-2/h3-7,9-10,14H,8,11H2,1-2H3,(H2,19,20,21). The van der Waals surface area contributed by atoms with E-state index in [0.717, 1.165) is 27.6 Å². The smallest absolute Gasteiger partial charge is 0.319 e. The van der Waals surface area contributed by atoms with Crippen LogP contribution in [0.4, 0.5) is 10.5 Å². The lowest BCUT2D eigenvalue weighted by Gasteiger charge is -2.26. The molecule has 0 aromatic heterocycles. The second-order valence-corrected chi connectivity index (χ2v) is 6.40. The zero-order chi connectivity index (χ0) is 16.9. The number of carbonyl (C=O) groups is 1. The first-order chi connectivity index (χ1) is 11.7. The molecule has 2 amide bonds. The number of nitrogens with one attached hydrogen (secondary N) is 2. The van der Waals surface area contributed by atoms with E-state index in [2.05, 4.69) is 10.6 Å². The van der Waals surface area contributed by atoms with Crippen LogP contribution in [-0.2, 0) is 6.42 Å². The van der Waals surface area contributed by atoms with Gasteiger partial charge in [0.2, 0.25) is 0 Å². The molecule has 0 aliphatic carbocycles. The van der Waals surface area contributed by atoms with Gasteiger partial charge in [-0.3, -0.25) is 0 Å². The third kappa shape index (κ3) is 3.94. The van der Waals surface area contributed by atoms with Crippen molar-refractivity contribution >= 4 is 23.5 Å². The van der Waals surface area contributed by atoms with Crippen molar-refractivity contribution in [3.63, 3.8) is 0 Å². The van der Waals surface area contributed by atoms with Crippen molar-refractivity contribution < 1.29 is 14.3 Å². The first-order valence-electron chi connectivity index (χ1n) is 7.69. The molecule has 0 radical (unpaired) electrons. The lowest BCUT2D eigenvalue weighted by atomic mass is 10.0. The molecular formula is C18H20N2O3S. The van der Waals surface area contributed by atoms with E-state index in [-0.39, 0.29) is 12.1 Å². The zero-order valence-corrected chi connectivity index (χ0v) is 14.5. The van der Waals surface area contributed by atoms with Crippen LogP contribution in [0.25, 0.3) is 0 Å². The molecular weight excluding hydrogens is 324 g/mol. The van der Waals surface area contributed by atoms with Crippen LogP contribution in [0.1, 0.15) is 5.56 Å². The minimum atomic E-state index is -0.229. The van der Waals surface area contributed by atoms with Gasteiger partial charge in [-0.15, -0.1) is 11.8 Å². The lowest BCUT2D eigenvalue weighted by molar-refractivity contribution is 0.222. The summed E-state index contributed by atoms with van der Waals surface area (Å²) in [6.07, 6.45) is 2.72. The van der Waals surface area contributed by atoms with Crippen LogP contribution in [0.3, 0.4) is 0 Å². The van der Waals surface area contributed by atoms with Crippen molar-refractivity contribution in [3.8, 4) is 11.5 Å². The van der Waals surface area contributed by atoms with Crippen molar-refractivity contribution in [1.29, 1.82) is 0 Å². The maximum atomic E-state index is 12.2. The molecule has 1 unspecified atom stereocenters. The maximum absolute atomic E-state index is 12.2. The molecule has 2 aromatic rings. The summed E-state index contributed by atoms with van der Waals surface area (Å²) in [6, 6.07) is 13.2. The Morgan fingerprint density at radius 3 is 2.96 bits per heavy atom. The fourth-order valence-electron chi connectivity index (χ4n) is 2.64. The molecule has 1 aliphatic rings. The number of amides is 2. The first-order valence-corrected chi connectivity index (χ1v) is 8.91. The fraction of sp³-hybridized carbons (Fsp3) is 0.278. The van der Waals surface area contributed by atoms with Crippen molar-refractivity contribution in [2.24, 2.45) is 0 Å². The first kappa shape index (κ1) is 16.5. The van der Waals surface area contributed by atoms with Crippen molar-refractivity contribution in [1.82, 2.24) is 5.32 Å². The van der Waals surface area contributed by atoms with Crippen LogP contribution in [0.5, 0.6) is 11.5 Å². The van der Waals surface area contributed by atoms with E-state index < -0.39 is 0 Å². The molecule has 1 heterocycles. The molecule has 6 heteroatoms. The highest BCUT2D eigenvalue weighted by molar-refractivity contribution is 7.98. The lowest BCUT2D eigenvalue weighted by Crippen LogP contribution is -2.44. The normalized spacial score (nSPS) is 15.8. The summed E-state index contributed by atoms with van der Waals surface area (Å²) < 4.78 is 11.0. The summed E-state index contributed by atoms with van der Waals surface area (Å²) >= 11 is 1.64. The number of thioether (sulfide) groups is 1. The summed E-state index contributed by atoms with van der Waals surface area (Å²) in [5.74, 6) is 1.64. The monoisotopic (exact) mass is 344 g/mol. The maximum Gasteiger partial charge on any atom is 0.319 e. The summed E-state index contributed by atoms with van der Waals surface area (Å²) in [5.41, 5.74) is 1.81. The number of rotatable bonds is 4. The summed E-state index contributed by atoms with van der Waals surface area (Å²) in [6.45, 7) is 0.456. The topological polar surface area (TPSA) is 59.6 Å². The van der Waals surface area contributed by atoms with Crippen LogP contribution in [0.2, 0.25) is 0 Å². The fourth-order valence-corrected chi connectivity index (χ4v) is 3.10. The number of anilines is 1. The van der Waals surface area contributed by atoms with Gasteiger partial charge in [0.15, 0.2) is 0 Å². The van der Waals surface area contributed by atoms with E-state index in [1.165, 1.54) is 0 Å². The number of ether oxygens (including phenoxy) is 2. The summed E-state index contributed by atoms with van der Waals surface area (Å²) in [7, 11) is 1.64. The highest BCUT2D eigenvalue weighted by atomic mass is 32.2. The number of hydrogen-bond acceptors (Lipinski definition) is 4. The molecule has 0 saturated heterocycles. The van der Waals surface area contributed by atoms with Crippen LogP contribution in [0, 0.1) is 0 Å². The number of benzene rings is 2. The SMILES string of the molecule is COc1ccc2c(c1)CC(NC(=O)Nc1cccc(SC)c1)CO2. The van der Waals surface area contributed by atoms with Crippen molar-refractivity contribution in [3.05, 3.63) is 48.0 Å². The largest absolute Gasteiger partial charge is 0.497 e. The molecule has 0 spiro atoms. The number of methoxy groups -OCH3 is 1. The molecule has 126 valence electrons. The van der Waals surface area contributed by atoms with E-state index in [1.54, 1.807) is 18.9 Å². The molecule has 5 nitrogen and oxygen atoms in total. The quantitative estimate of drug-likeness (QED) is 0.833. The highest BCUT2D eigenvalue weighted by Crippen LogP contribution is 2.28. The Bertz CT molecular complexity index is 736. The van der Waals surface area contributed by atoms with Gasteiger partial charge < -0.3 is 20.1 Å². The zero-order valence-electron chi connectivity index (χ0n) is 13.7. The Kier molecular flexibility index (Phi) is 5.15. The molecule has 24 heavy (non-hydrogen) atoms. The van der Waals surface area contributed by atoms with Gasteiger partial charge in [0, 0.05) is 10.6 Å². The van der Waals surface area contributed by atoms with Crippen LogP contribution in [-0.4, -0.2) is 32.0 Å². The molecule has 1 aliphatic heterocycles. The minimum Gasteiger partial charge on any atom is -0.497 e. The van der Waals surface area contributed by atoms with Gasteiger partial charge in [-0.05, 0) is 54.6 Å². The van der Waals surface area contributed by atoms with E-state index in [0.29, 0.717) is 13.0 Å². The second-order valence-electron chi connectivity index (χ2n) is 5.52. The van der Waals surface area contributed by atoms with Gasteiger partial charge in [-0.2, -0.15) is 0 Å².